The van der Waals surface area contributed by atoms with Gasteiger partial charge in [-0.15, -0.1) is 0 Å². The molecule has 0 unspecified atom stereocenters. The van der Waals surface area contributed by atoms with Crippen LogP contribution in [0.3, 0.4) is 0 Å². The summed E-state index contributed by atoms with van der Waals surface area (Å²) in [6.07, 6.45) is 0. The molecule has 0 amide bonds. The lowest BCUT2D eigenvalue weighted by atomic mass is 10.2. The Hall–Kier alpha value is -2.52. The number of ketones is 1. The Bertz CT molecular complexity index is 784. The summed E-state index contributed by atoms with van der Waals surface area (Å²) < 4.78 is 13.8. The first-order valence-corrected chi connectivity index (χ1v) is 9.13. The van der Waals surface area contributed by atoms with Crippen LogP contribution in [-0.2, 0) is 14.1 Å². The van der Waals surface area contributed by atoms with Gasteiger partial charge in [0.15, 0.2) is 25.5 Å². The van der Waals surface area contributed by atoms with Gasteiger partial charge in [-0.1, -0.05) is 70.9 Å². The molecule has 114 valence electrons. The van der Waals surface area contributed by atoms with Crippen molar-refractivity contribution in [1.29, 1.82) is 0 Å². The number of benzene rings is 3. The van der Waals surface area contributed by atoms with Crippen LogP contribution in [0.25, 0.3) is 0 Å². The molecule has 0 aromatic heterocycles. The summed E-state index contributed by atoms with van der Waals surface area (Å²) in [6, 6.07) is 27.5. The third-order valence-electron chi connectivity index (χ3n) is 3.68. The smallest absolute Gasteiger partial charge is 0.212 e. The zero-order chi connectivity index (χ0) is 16.1. The van der Waals surface area contributed by atoms with Crippen molar-refractivity contribution in [2.24, 2.45) is 0 Å². The summed E-state index contributed by atoms with van der Waals surface area (Å²) in [5, 5.41) is 0. The molecule has 0 aliphatic heterocycles. The lowest BCUT2D eigenvalue weighted by Crippen LogP contribution is -2.23. The Morgan fingerprint density at radius 1 is 0.652 bits per heavy atom. The van der Waals surface area contributed by atoms with Gasteiger partial charge < -0.3 is 0 Å². The molecular weight excluding hydrogens is 304 g/mol. The van der Waals surface area contributed by atoms with Gasteiger partial charge >= 0.3 is 0 Å². The maximum absolute atomic E-state index is 13.8. The van der Waals surface area contributed by atoms with Gasteiger partial charge in [0.25, 0.3) is 0 Å². The molecule has 0 spiro atoms. The zero-order valence-electron chi connectivity index (χ0n) is 12.6. The van der Waals surface area contributed by atoms with Gasteiger partial charge in [0.2, 0.25) is 5.78 Å². The van der Waals surface area contributed by atoms with Gasteiger partial charge in [-0.25, -0.2) is 0 Å². The monoisotopic (exact) mass is 321 g/mol. The summed E-state index contributed by atoms with van der Waals surface area (Å²) in [5.41, 5.74) is 0.590. The average molecular weight is 321 g/mol. The van der Waals surface area contributed by atoms with E-state index in [1.807, 2.05) is 78.9 Å². The first-order chi connectivity index (χ1) is 11.2. The van der Waals surface area contributed by atoms with Crippen LogP contribution in [0.4, 0.5) is 0 Å². The highest BCUT2D eigenvalue weighted by molar-refractivity contribution is 8.03. The fraction of sp³-hybridized carbons (Fsp3) is 0.0500. The molecule has 0 heterocycles. The van der Waals surface area contributed by atoms with Crippen LogP contribution >= 0.6 is 0 Å². The minimum atomic E-state index is -2.64. The highest BCUT2D eigenvalue weighted by Crippen LogP contribution is 2.29. The molecule has 3 heteroatoms. The van der Waals surface area contributed by atoms with Gasteiger partial charge in [0, 0.05) is 5.56 Å². The Morgan fingerprint density at radius 3 is 1.48 bits per heavy atom. The van der Waals surface area contributed by atoms with E-state index in [-0.39, 0.29) is 11.5 Å². The summed E-state index contributed by atoms with van der Waals surface area (Å²) in [6.45, 7) is 0. The van der Waals surface area contributed by atoms with Crippen LogP contribution in [0.5, 0.6) is 0 Å². The molecule has 2 nitrogen and oxygen atoms in total. The minimum absolute atomic E-state index is 0.0228. The first-order valence-electron chi connectivity index (χ1n) is 7.40. The third kappa shape index (κ3) is 3.30. The molecule has 0 bridgehead atoms. The van der Waals surface area contributed by atoms with Gasteiger partial charge in [-0.2, -0.15) is 0 Å². The average Bonchev–Trinajstić information content (AvgIpc) is 2.64. The highest BCUT2D eigenvalue weighted by Gasteiger charge is 2.37. The molecule has 0 aliphatic rings. The van der Waals surface area contributed by atoms with E-state index in [4.69, 9.17) is 0 Å². The van der Waals surface area contributed by atoms with Crippen molar-refractivity contribution in [1.82, 2.24) is 0 Å². The normalized spacial score (nSPS) is 11.1. The molecule has 3 rings (SSSR count). The van der Waals surface area contributed by atoms with E-state index in [9.17, 15) is 9.00 Å². The van der Waals surface area contributed by atoms with Crippen molar-refractivity contribution < 1.29 is 9.00 Å². The molecule has 0 radical (unpaired) electrons. The Morgan fingerprint density at radius 2 is 1.04 bits per heavy atom. The molecule has 23 heavy (non-hydrogen) atoms. The maximum atomic E-state index is 13.8. The SMILES string of the molecule is O=C(C[S+](=O)(c1ccccc1)c1ccccc1)c1ccccc1. The lowest BCUT2D eigenvalue weighted by Gasteiger charge is -2.11. The number of hydrogen-bond acceptors (Lipinski definition) is 2. The van der Waals surface area contributed by atoms with Crippen molar-refractivity contribution in [2.45, 2.75) is 9.79 Å². The summed E-state index contributed by atoms with van der Waals surface area (Å²) in [4.78, 5) is 14.0. The van der Waals surface area contributed by atoms with Crippen LogP contribution in [0.1, 0.15) is 10.4 Å². The van der Waals surface area contributed by atoms with Gasteiger partial charge in [-0.05, 0) is 24.3 Å². The van der Waals surface area contributed by atoms with Crippen LogP contribution in [0, 0.1) is 0 Å². The molecule has 0 N–H and O–H groups in total. The fourth-order valence-corrected chi connectivity index (χ4v) is 4.81. The first kappa shape index (κ1) is 15.4. The Labute approximate surface area is 137 Å². The van der Waals surface area contributed by atoms with Crippen molar-refractivity contribution in [3.8, 4) is 0 Å². The lowest BCUT2D eigenvalue weighted by molar-refractivity contribution is 0.102. The van der Waals surface area contributed by atoms with Crippen LogP contribution in [0.2, 0.25) is 0 Å². The van der Waals surface area contributed by atoms with Crippen LogP contribution in [0.15, 0.2) is 101 Å². The van der Waals surface area contributed by atoms with Crippen LogP contribution < -0.4 is 0 Å². The van der Waals surface area contributed by atoms with Crippen molar-refractivity contribution in [3.63, 3.8) is 0 Å². The Kier molecular flexibility index (Phi) is 4.49. The standard InChI is InChI=1S/C20H17O2S/c21-20(17-10-4-1-5-11-17)16-23(22,18-12-6-2-7-13-18)19-14-8-3-9-15-19/h1-15H,16H2/q+1. The maximum Gasteiger partial charge on any atom is 0.212 e. The number of carbonyl (C=O) groups is 1. The van der Waals surface area contributed by atoms with E-state index in [1.54, 1.807) is 12.1 Å². The largest absolute Gasteiger partial charge is 0.289 e. The summed E-state index contributed by atoms with van der Waals surface area (Å²) in [5.74, 6) is -0.131. The number of hydrogen-bond donors (Lipinski definition) is 0. The molecule has 0 saturated carbocycles. The summed E-state index contributed by atoms with van der Waals surface area (Å²) >= 11 is 0. The topological polar surface area (TPSA) is 34.1 Å². The summed E-state index contributed by atoms with van der Waals surface area (Å²) in [7, 11) is -2.64. The quantitative estimate of drug-likeness (QED) is 0.512. The zero-order valence-corrected chi connectivity index (χ0v) is 13.4. The number of carbonyl (C=O) groups excluding carboxylic acids is 1. The predicted octanol–water partition coefficient (Wildman–Crippen LogP) is 4.49. The van der Waals surface area contributed by atoms with E-state index < -0.39 is 9.93 Å². The van der Waals surface area contributed by atoms with E-state index in [0.29, 0.717) is 15.4 Å². The fourth-order valence-electron chi connectivity index (χ4n) is 2.48. The van der Waals surface area contributed by atoms with Crippen molar-refractivity contribution >= 4 is 15.7 Å². The third-order valence-corrected chi connectivity index (χ3v) is 6.41. The number of rotatable bonds is 5. The van der Waals surface area contributed by atoms with Crippen molar-refractivity contribution in [2.75, 3.05) is 5.75 Å². The Balaban J connectivity index is 2.04. The van der Waals surface area contributed by atoms with Gasteiger partial charge in [0.05, 0.1) is 0 Å². The molecule has 3 aromatic carbocycles. The van der Waals surface area contributed by atoms with Crippen LogP contribution in [-0.4, -0.2) is 11.5 Å². The second kappa shape index (κ2) is 6.71. The molecule has 0 aliphatic carbocycles. The van der Waals surface area contributed by atoms with E-state index >= 15 is 0 Å². The van der Waals surface area contributed by atoms with Gasteiger partial charge in [0.1, 0.15) is 0 Å². The van der Waals surface area contributed by atoms with E-state index in [0.717, 1.165) is 0 Å². The van der Waals surface area contributed by atoms with Gasteiger partial charge in [-0.3, -0.25) is 4.79 Å². The second-order valence-corrected chi connectivity index (χ2v) is 7.82. The number of Topliss-reactive ketones (excluding diaryl/α,β-unsaturated/α-hetero) is 1. The second-order valence-electron chi connectivity index (χ2n) is 5.23. The molecule has 0 saturated heterocycles. The molecule has 0 fully saturated rings. The molecule has 3 aromatic rings. The highest BCUT2D eigenvalue weighted by atomic mass is 32.2. The van der Waals surface area contributed by atoms with Crippen molar-refractivity contribution in [3.05, 3.63) is 96.6 Å². The molecular formula is C20H17O2S+. The predicted molar refractivity (Wildman–Crippen MR) is 93.1 cm³/mol. The van der Waals surface area contributed by atoms with E-state index in [2.05, 4.69) is 0 Å². The van der Waals surface area contributed by atoms with E-state index in [1.165, 1.54) is 0 Å². The molecule has 0 atom stereocenters. The minimum Gasteiger partial charge on any atom is -0.289 e.